The zero-order valence-electron chi connectivity index (χ0n) is 32.5. The van der Waals surface area contributed by atoms with Gasteiger partial charge in [-0.15, -0.1) is 17.9 Å². The number of halogens is 2. The maximum atomic E-state index is 14.0. The number of aliphatic hydroxyl groups excluding tert-OH is 1. The average molecular weight is 781 g/mol. The summed E-state index contributed by atoms with van der Waals surface area (Å²) in [4.78, 5) is 18.1. The van der Waals surface area contributed by atoms with Crippen LogP contribution in [0.1, 0.15) is 63.8 Å². The maximum absolute atomic E-state index is 14.0. The van der Waals surface area contributed by atoms with E-state index in [-0.39, 0.29) is 24.7 Å². The van der Waals surface area contributed by atoms with E-state index in [4.69, 9.17) is 9.47 Å². The second kappa shape index (κ2) is 19.7. The normalized spacial score (nSPS) is 14.3. The molecule has 0 saturated heterocycles. The van der Waals surface area contributed by atoms with Crippen LogP contribution in [0.4, 0.5) is 8.63 Å². The number of aliphatic hydroxyl groups is 1. The van der Waals surface area contributed by atoms with Crippen molar-refractivity contribution in [3.8, 4) is 22.1 Å². The van der Waals surface area contributed by atoms with E-state index in [0.29, 0.717) is 41.5 Å². The van der Waals surface area contributed by atoms with Gasteiger partial charge in [-0.25, -0.2) is 4.99 Å². The summed E-state index contributed by atoms with van der Waals surface area (Å²) in [6, 6.07) is 22.2. The molecule has 12 heteroatoms. The molecule has 0 fully saturated rings. The molecule has 8 nitrogen and oxygen atoms in total. The van der Waals surface area contributed by atoms with E-state index in [1.165, 1.54) is 11.3 Å². The fraction of sp³-hybridized carbons (Fsp3) is 0.318. The Morgan fingerprint density at radius 1 is 0.982 bits per heavy atom. The molecule has 2 aromatic carbocycles. The summed E-state index contributed by atoms with van der Waals surface area (Å²) in [6.45, 7) is 12.5. The quantitative estimate of drug-likeness (QED) is 0.0580. The smallest absolute Gasteiger partial charge is 0.491 e. The number of hydrogen-bond acceptors (Lipinski definition) is 7. The summed E-state index contributed by atoms with van der Waals surface area (Å²) in [5.74, 6) is 1.13. The highest BCUT2D eigenvalue weighted by atomic mass is 32.1. The number of carbonyl (C=O) groups excluding carboxylic acids is 1. The van der Waals surface area contributed by atoms with Gasteiger partial charge in [0.2, 0.25) is 0 Å². The number of ether oxygens (including phenoxy) is 2. The molecule has 0 radical (unpaired) electrons. The first-order valence-corrected chi connectivity index (χ1v) is 19.7. The second-order valence-electron chi connectivity index (χ2n) is 15.0. The van der Waals surface area contributed by atoms with E-state index in [0.717, 1.165) is 45.5 Å². The van der Waals surface area contributed by atoms with Crippen molar-refractivity contribution in [1.82, 2.24) is 15.1 Å². The van der Waals surface area contributed by atoms with Crippen molar-refractivity contribution < 1.29 is 28.0 Å². The van der Waals surface area contributed by atoms with Crippen molar-refractivity contribution in [1.29, 1.82) is 0 Å². The zero-order valence-corrected chi connectivity index (χ0v) is 33.3. The fourth-order valence-corrected chi connectivity index (χ4v) is 7.04. The molecular weight excluding hydrogens is 729 g/mol. The third kappa shape index (κ3) is 12.8. The van der Waals surface area contributed by atoms with Gasteiger partial charge in [-0.3, -0.25) is 13.4 Å². The summed E-state index contributed by atoms with van der Waals surface area (Å²) in [7, 11) is -2.68. The van der Waals surface area contributed by atoms with Crippen LogP contribution < -0.4 is 20.1 Å². The molecule has 2 aromatic heterocycles. The summed E-state index contributed by atoms with van der Waals surface area (Å²) in [6.07, 6.45) is 13.4. The summed E-state index contributed by atoms with van der Waals surface area (Å²) < 4.78 is 40.6. The van der Waals surface area contributed by atoms with Crippen LogP contribution in [0.5, 0.6) is 11.5 Å². The van der Waals surface area contributed by atoms with Crippen molar-refractivity contribution in [2.24, 2.45) is 4.99 Å². The number of aliphatic imine (C=N–C) groups is 1. The third-order valence-corrected chi connectivity index (χ3v) is 10.2. The van der Waals surface area contributed by atoms with E-state index in [1.807, 2.05) is 92.1 Å². The molecule has 5 rings (SSSR count). The Labute approximate surface area is 333 Å². The standard InChI is InChI=1S/C44H51BF2N4O4S/c1-6-11-33-12-7-8-13-40(33)55-30-37(52)29-48-43(2,3)25-10-26-44(4,5)50-42(53)31-54-38-22-16-32(17-23-38)15-18-34-19-20-35(49-34)28-36-21-24-39(51(36)45(46)47)41-14-9-27-56-41/h6-9,12-24,27-28,37,48,52H,1,10-11,25-26,29-31H2,2-5H3,(H,50,53)/b18-15+,35-28-/t37-/m0/s1. The number of hydrogen-bond donors (Lipinski definition) is 3. The highest BCUT2D eigenvalue weighted by Gasteiger charge is 2.25. The van der Waals surface area contributed by atoms with Gasteiger partial charge in [0.05, 0.1) is 17.1 Å². The molecule has 4 aromatic rings. The molecule has 1 atom stereocenters. The zero-order chi connectivity index (χ0) is 40.1. The van der Waals surface area contributed by atoms with Gasteiger partial charge in [0.25, 0.3) is 5.91 Å². The van der Waals surface area contributed by atoms with Crippen LogP contribution in [0.15, 0.2) is 120 Å². The predicted molar refractivity (Wildman–Crippen MR) is 227 cm³/mol. The number of allylic oxidation sites excluding steroid dienone is 4. The highest BCUT2D eigenvalue weighted by molar-refractivity contribution is 7.13. The minimum Gasteiger partial charge on any atom is -0.491 e. The number of β-amino-alcohol motifs (C(OH)–C–C–N with tert-alkyl or cyclic N) is 1. The topological polar surface area (TPSA) is 97.1 Å². The Kier molecular flexibility index (Phi) is 14.8. The predicted octanol–water partition coefficient (Wildman–Crippen LogP) is 9.03. The molecule has 0 aliphatic carbocycles. The fourth-order valence-electron chi connectivity index (χ4n) is 6.29. The lowest BCUT2D eigenvalue weighted by molar-refractivity contribution is -0.124. The minimum atomic E-state index is -2.68. The number of nitrogens with one attached hydrogen (secondary N) is 2. The number of carbonyl (C=O) groups is 1. The number of thiophene rings is 1. The molecule has 0 saturated carbocycles. The van der Waals surface area contributed by atoms with Crippen LogP contribution in [0.2, 0.25) is 0 Å². The highest BCUT2D eigenvalue weighted by Crippen LogP contribution is 2.30. The average Bonchev–Trinajstić information content (AvgIpc) is 3.94. The Hall–Kier alpha value is -5.04. The van der Waals surface area contributed by atoms with Gasteiger partial charge in [-0.2, -0.15) is 0 Å². The molecule has 56 heavy (non-hydrogen) atoms. The summed E-state index contributed by atoms with van der Waals surface area (Å²) >= 11 is 1.42. The Balaban J connectivity index is 1.01. The van der Waals surface area contributed by atoms with Crippen molar-refractivity contribution in [2.75, 3.05) is 19.8 Å². The van der Waals surface area contributed by atoms with Gasteiger partial charge >= 0.3 is 7.40 Å². The van der Waals surface area contributed by atoms with Crippen molar-refractivity contribution >= 4 is 42.5 Å². The van der Waals surface area contributed by atoms with Gasteiger partial charge in [-0.05, 0) is 131 Å². The number of para-hydroxylation sites is 1. The number of benzene rings is 2. The largest absolute Gasteiger partial charge is 0.678 e. The van der Waals surface area contributed by atoms with E-state index in [2.05, 4.69) is 36.1 Å². The van der Waals surface area contributed by atoms with Gasteiger partial charge in [-0.1, -0.05) is 48.6 Å². The van der Waals surface area contributed by atoms with E-state index >= 15 is 0 Å². The molecule has 294 valence electrons. The molecular formula is C44H51BF2N4O4S. The van der Waals surface area contributed by atoms with Crippen LogP contribution >= 0.6 is 11.3 Å². The van der Waals surface area contributed by atoms with Gasteiger partial charge < -0.3 is 29.7 Å². The molecule has 3 heterocycles. The second-order valence-corrected chi connectivity index (χ2v) is 16.0. The van der Waals surface area contributed by atoms with Gasteiger partial charge in [0, 0.05) is 28.2 Å². The Bertz CT molecular complexity index is 2040. The van der Waals surface area contributed by atoms with Crippen molar-refractivity contribution in [3.63, 3.8) is 0 Å². The molecule has 0 unspecified atom stereocenters. The lowest BCUT2D eigenvalue weighted by Gasteiger charge is -2.31. The van der Waals surface area contributed by atoms with Crippen molar-refractivity contribution in [3.05, 3.63) is 132 Å². The summed E-state index contributed by atoms with van der Waals surface area (Å²) in [5.41, 5.74) is 3.46. The van der Waals surface area contributed by atoms with Crippen LogP contribution in [0, 0.1) is 0 Å². The summed E-state index contributed by atoms with van der Waals surface area (Å²) in [5, 5.41) is 19.0. The Morgan fingerprint density at radius 3 is 2.48 bits per heavy atom. The number of rotatable bonds is 21. The number of amides is 1. The Morgan fingerprint density at radius 2 is 1.75 bits per heavy atom. The first-order valence-electron chi connectivity index (χ1n) is 18.8. The monoisotopic (exact) mass is 780 g/mol. The lowest BCUT2D eigenvalue weighted by atomic mass is 9.91. The molecule has 1 amide bonds. The van der Waals surface area contributed by atoms with Crippen LogP contribution in [0.3, 0.4) is 0 Å². The first kappa shape index (κ1) is 42.1. The van der Waals surface area contributed by atoms with E-state index in [1.54, 1.807) is 36.4 Å². The van der Waals surface area contributed by atoms with E-state index in [9.17, 15) is 18.5 Å². The van der Waals surface area contributed by atoms with Crippen molar-refractivity contribution in [2.45, 2.75) is 70.6 Å². The van der Waals surface area contributed by atoms with Crippen LogP contribution in [-0.4, -0.2) is 65.5 Å². The molecule has 0 spiro atoms. The SMILES string of the molecule is C=CCc1ccccc1OC[C@@H](O)CNC(C)(C)CCCC(C)(C)NC(=O)COc1ccc(/C=C/C2=NC(=C\c3ccc(-c4cccs4)n3B(F)F)/C=C2)cc1. The lowest BCUT2D eigenvalue weighted by Crippen LogP contribution is -2.47. The van der Waals surface area contributed by atoms with Crippen LogP contribution in [-0.2, 0) is 11.2 Å². The number of nitrogens with zero attached hydrogens (tertiary/aromatic N) is 2. The van der Waals surface area contributed by atoms with Crippen LogP contribution in [0.25, 0.3) is 22.7 Å². The number of aromatic nitrogens is 1. The minimum absolute atomic E-state index is 0.107. The molecule has 1 aliphatic rings. The first-order chi connectivity index (χ1) is 26.8. The van der Waals surface area contributed by atoms with Gasteiger partial charge in [0.15, 0.2) is 6.61 Å². The van der Waals surface area contributed by atoms with Gasteiger partial charge in [0.1, 0.15) is 24.2 Å². The maximum Gasteiger partial charge on any atom is 0.678 e. The molecule has 1 aliphatic heterocycles. The van der Waals surface area contributed by atoms with E-state index < -0.39 is 19.0 Å². The molecule has 0 bridgehead atoms. The third-order valence-electron chi connectivity index (χ3n) is 9.26. The molecule has 3 N–H and O–H groups in total.